The molecular weight excluding hydrogens is 568 g/mol. The smallest absolute Gasteiger partial charge is 0.313 e. The van der Waals surface area contributed by atoms with E-state index in [9.17, 15) is 19.7 Å². The van der Waals surface area contributed by atoms with Crippen LogP contribution in [0.1, 0.15) is 12.5 Å². The lowest BCUT2D eigenvalue weighted by Gasteiger charge is -2.08. The van der Waals surface area contributed by atoms with E-state index in [1.165, 1.54) is 18.3 Å². The van der Waals surface area contributed by atoms with Crippen LogP contribution in [-0.4, -0.2) is 26.8 Å². The van der Waals surface area contributed by atoms with E-state index in [0.29, 0.717) is 26.9 Å². The van der Waals surface area contributed by atoms with E-state index in [-0.39, 0.29) is 27.4 Å². The summed E-state index contributed by atoms with van der Waals surface area (Å²) in [6, 6.07) is 16.2. The number of para-hydroxylation sites is 1. The Morgan fingerprint density at radius 2 is 2.00 bits per heavy atom. The van der Waals surface area contributed by atoms with Crippen molar-refractivity contribution in [3.8, 4) is 17.3 Å². The number of hydrogen-bond donors (Lipinski definition) is 0. The number of nitro groups is 1. The highest BCUT2D eigenvalue weighted by Crippen LogP contribution is 2.36. The van der Waals surface area contributed by atoms with Crippen LogP contribution >= 0.6 is 27.5 Å². The van der Waals surface area contributed by atoms with Crippen LogP contribution in [0.2, 0.25) is 5.02 Å². The number of esters is 1. The van der Waals surface area contributed by atoms with Crippen LogP contribution in [-0.2, 0) is 4.79 Å². The van der Waals surface area contributed by atoms with E-state index in [0.717, 1.165) is 11.6 Å². The molecule has 5 aromatic rings. The average molecular weight is 582 g/mol. The van der Waals surface area contributed by atoms with Gasteiger partial charge in [-0.3, -0.25) is 19.7 Å². The number of ether oxygens (including phenoxy) is 1. The molecule has 0 atom stereocenters. The molecule has 0 aliphatic heterocycles. The van der Waals surface area contributed by atoms with Gasteiger partial charge in [-0.05, 0) is 58.4 Å². The van der Waals surface area contributed by atoms with Crippen molar-refractivity contribution in [3.63, 3.8) is 0 Å². The third-order valence-corrected chi connectivity index (χ3v) is 6.09. The van der Waals surface area contributed by atoms with Crippen molar-refractivity contribution in [2.75, 3.05) is 0 Å². The topological polar surface area (TPSA) is 130 Å². The van der Waals surface area contributed by atoms with E-state index in [1.54, 1.807) is 48.5 Å². The highest BCUT2D eigenvalue weighted by atomic mass is 79.9. The van der Waals surface area contributed by atoms with E-state index >= 15 is 0 Å². The monoisotopic (exact) mass is 580 g/mol. The van der Waals surface area contributed by atoms with Crippen molar-refractivity contribution >= 4 is 67.3 Å². The molecule has 0 unspecified atom stereocenters. The lowest BCUT2D eigenvalue weighted by Crippen LogP contribution is -2.20. The van der Waals surface area contributed by atoms with E-state index < -0.39 is 22.1 Å². The van der Waals surface area contributed by atoms with Gasteiger partial charge in [-0.25, -0.2) is 4.98 Å². The fraction of sp³-hybridized carbons (Fsp3) is 0.0400. The van der Waals surface area contributed by atoms with Gasteiger partial charge in [0.2, 0.25) is 11.6 Å². The number of halogens is 2. The van der Waals surface area contributed by atoms with Crippen molar-refractivity contribution in [1.82, 2.24) is 9.66 Å². The SMILES string of the molecule is CC(=O)Oc1c(Br)cc(C=Nn2c(-c3cc4cc(Cl)ccc4o3)nc3ccccc3c2=O)cc1[N+](=O)[O-]. The summed E-state index contributed by atoms with van der Waals surface area (Å²) in [7, 11) is 0. The summed E-state index contributed by atoms with van der Waals surface area (Å²) < 4.78 is 12.1. The summed E-state index contributed by atoms with van der Waals surface area (Å²) in [5, 5.41) is 17.4. The molecule has 0 aliphatic rings. The Labute approximate surface area is 221 Å². The molecule has 0 aliphatic carbocycles. The molecule has 10 nitrogen and oxygen atoms in total. The molecule has 0 saturated carbocycles. The molecule has 2 heterocycles. The fourth-order valence-electron chi connectivity index (χ4n) is 3.69. The molecule has 0 amide bonds. The zero-order valence-corrected chi connectivity index (χ0v) is 21.2. The molecule has 0 spiro atoms. The molecule has 2 aromatic heterocycles. The van der Waals surface area contributed by atoms with Crippen molar-refractivity contribution in [1.29, 1.82) is 0 Å². The number of hydrogen-bond acceptors (Lipinski definition) is 8. The molecule has 5 rings (SSSR count). The number of aromatic nitrogens is 2. The van der Waals surface area contributed by atoms with Crippen LogP contribution in [0.5, 0.6) is 5.75 Å². The van der Waals surface area contributed by atoms with Gasteiger partial charge in [-0.1, -0.05) is 23.7 Å². The molecule has 37 heavy (non-hydrogen) atoms. The Bertz CT molecular complexity index is 1830. The van der Waals surface area contributed by atoms with Gasteiger partial charge in [0.05, 0.1) is 26.5 Å². The Morgan fingerprint density at radius 3 is 2.76 bits per heavy atom. The van der Waals surface area contributed by atoms with Gasteiger partial charge in [-0.15, -0.1) is 0 Å². The molecule has 184 valence electrons. The van der Waals surface area contributed by atoms with Crippen LogP contribution in [0, 0.1) is 10.1 Å². The first-order valence-corrected chi connectivity index (χ1v) is 11.8. The van der Waals surface area contributed by atoms with E-state index in [1.807, 2.05) is 0 Å². The Hall–Kier alpha value is -4.35. The maximum absolute atomic E-state index is 13.4. The second-order valence-electron chi connectivity index (χ2n) is 7.81. The zero-order chi connectivity index (χ0) is 26.3. The zero-order valence-electron chi connectivity index (χ0n) is 18.8. The minimum Gasteiger partial charge on any atom is -0.453 e. The summed E-state index contributed by atoms with van der Waals surface area (Å²) in [5.74, 6) is -0.552. The molecule has 0 N–H and O–H groups in total. The van der Waals surface area contributed by atoms with Crippen LogP contribution < -0.4 is 10.3 Å². The predicted octanol–water partition coefficient (Wildman–Crippen LogP) is 5.94. The highest BCUT2D eigenvalue weighted by Gasteiger charge is 2.22. The quantitative estimate of drug-likeness (QED) is 0.0825. The van der Waals surface area contributed by atoms with Crippen molar-refractivity contribution in [2.24, 2.45) is 5.10 Å². The number of benzene rings is 3. The fourth-order valence-corrected chi connectivity index (χ4v) is 4.42. The Balaban J connectivity index is 1.69. The van der Waals surface area contributed by atoms with E-state index in [2.05, 4.69) is 26.0 Å². The number of carbonyl (C=O) groups excluding carboxylic acids is 1. The second kappa shape index (κ2) is 9.60. The average Bonchev–Trinajstić information content (AvgIpc) is 3.27. The number of nitro benzene ring substituents is 1. The first kappa shape index (κ1) is 24.3. The summed E-state index contributed by atoms with van der Waals surface area (Å²) in [6.07, 6.45) is 1.26. The van der Waals surface area contributed by atoms with Crippen LogP contribution in [0.15, 0.2) is 79.4 Å². The maximum Gasteiger partial charge on any atom is 0.313 e. The summed E-state index contributed by atoms with van der Waals surface area (Å²) in [4.78, 5) is 40.3. The number of nitrogens with zero attached hydrogens (tertiary/aromatic N) is 4. The molecule has 12 heteroatoms. The van der Waals surface area contributed by atoms with Gasteiger partial charge >= 0.3 is 11.7 Å². The lowest BCUT2D eigenvalue weighted by molar-refractivity contribution is -0.385. The highest BCUT2D eigenvalue weighted by molar-refractivity contribution is 9.10. The normalized spacial score (nSPS) is 11.4. The van der Waals surface area contributed by atoms with E-state index in [4.69, 9.17) is 20.8 Å². The molecule has 0 saturated heterocycles. The third kappa shape index (κ3) is 4.74. The van der Waals surface area contributed by atoms with Crippen LogP contribution in [0.25, 0.3) is 33.5 Å². The molecular formula is C25H14BrClN4O6. The second-order valence-corrected chi connectivity index (χ2v) is 9.10. The number of fused-ring (bicyclic) bond motifs is 2. The number of rotatable bonds is 5. The lowest BCUT2D eigenvalue weighted by atomic mass is 10.2. The molecule has 3 aromatic carbocycles. The van der Waals surface area contributed by atoms with Crippen molar-refractivity contribution < 1.29 is 18.9 Å². The Kier molecular flexibility index (Phi) is 6.32. The van der Waals surface area contributed by atoms with Gasteiger partial charge in [0.15, 0.2) is 5.76 Å². The van der Waals surface area contributed by atoms with Crippen molar-refractivity contribution in [3.05, 3.63) is 96.2 Å². The molecule has 0 fully saturated rings. The Morgan fingerprint density at radius 1 is 1.22 bits per heavy atom. The first-order valence-electron chi connectivity index (χ1n) is 10.6. The molecule has 0 bridgehead atoms. The largest absolute Gasteiger partial charge is 0.453 e. The predicted molar refractivity (Wildman–Crippen MR) is 141 cm³/mol. The number of carbonyl (C=O) groups is 1. The minimum absolute atomic E-state index is 0.123. The van der Waals surface area contributed by atoms with Gasteiger partial charge in [0, 0.05) is 29.0 Å². The molecule has 0 radical (unpaired) electrons. The standard InChI is InChI=1S/C25H14BrClN4O6/c1-13(32)36-23-18(26)8-14(9-20(23)31(34)35)12-28-30-24(29-19-5-3-2-4-17(19)25(30)33)22-11-15-10-16(27)6-7-21(15)37-22/h2-12H,1H3. The number of furan rings is 1. The van der Waals surface area contributed by atoms with Gasteiger partial charge in [0.25, 0.3) is 5.56 Å². The maximum atomic E-state index is 13.4. The van der Waals surface area contributed by atoms with Crippen LogP contribution in [0.3, 0.4) is 0 Å². The summed E-state index contributed by atoms with van der Waals surface area (Å²) in [6.45, 7) is 1.14. The summed E-state index contributed by atoms with van der Waals surface area (Å²) in [5.41, 5.74) is 0.316. The van der Waals surface area contributed by atoms with Gasteiger partial charge < -0.3 is 9.15 Å². The van der Waals surface area contributed by atoms with Crippen molar-refractivity contribution in [2.45, 2.75) is 6.92 Å². The summed E-state index contributed by atoms with van der Waals surface area (Å²) >= 11 is 9.29. The third-order valence-electron chi connectivity index (χ3n) is 5.26. The first-order chi connectivity index (χ1) is 17.7. The minimum atomic E-state index is -0.712. The van der Waals surface area contributed by atoms with Gasteiger partial charge in [-0.2, -0.15) is 9.78 Å². The van der Waals surface area contributed by atoms with Gasteiger partial charge in [0.1, 0.15) is 5.58 Å². The van der Waals surface area contributed by atoms with Crippen LogP contribution in [0.4, 0.5) is 5.69 Å².